The zero-order chi connectivity index (χ0) is 35.1. The van der Waals surface area contributed by atoms with Crippen molar-refractivity contribution in [2.45, 2.75) is 49.8 Å². The number of anilines is 1. The van der Waals surface area contributed by atoms with Crippen molar-refractivity contribution in [3.63, 3.8) is 0 Å². The molecule has 0 aliphatic carbocycles. The van der Waals surface area contributed by atoms with Crippen LogP contribution in [0.3, 0.4) is 0 Å². The van der Waals surface area contributed by atoms with Crippen LogP contribution >= 0.6 is 0 Å². The van der Waals surface area contributed by atoms with Crippen molar-refractivity contribution in [3.8, 4) is 0 Å². The molecule has 1 heterocycles. The summed E-state index contributed by atoms with van der Waals surface area (Å²) in [6, 6.07) is 14.5. The first-order valence-electron chi connectivity index (χ1n) is 16.4. The number of alkyl carbamates (subject to hydrolysis) is 1. The standard InChI is InChI=1S/C34H53N5O8S/c1-26(2)22-39(48(42,43)30-13-11-28(35)12-14-30)23-32(47-33(40)25-45-20-18-38(5)17-16-37(3)4)31(21-27-9-7-6-8-10-27)36-34(41)46-29-15-19-44-24-29/h6-14,26,29,31-32H,15-25,35H2,1-5H3,(H,36,41)/t29-,31-,32+/m0/s1. The molecule has 0 radical (unpaired) electrons. The van der Waals surface area contributed by atoms with Gasteiger partial charge in [-0.25, -0.2) is 18.0 Å². The topological polar surface area (TPSA) is 153 Å². The van der Waals surface area contributed by atoms with E-state index in [-0.39, 0.29) is 36.9 Å². The Hall–Kier alpha value is -3.27. The van der Waals surface area contributed by atoms with Crippen LogP contribution in [0.25, 0.3) is 0 Å². The normalized spacial score (nSPS) is 16.4. The second kappa shape index (κ2) is 19.7. The fourth-order valence-electron chi connectivity index (χ4n) is 5.06. The first-order chi connectivity index (χ1) is 22.8. The SMILES string of the molecule is CC(C)CN(C[C@@H](OC(=O)COCCN(C)CCN(C)C)[C@H](Cc1ccccc1)NC(=O)O[C@H]1CCOC1)S(=O)(=O)c1ccc(N)cc1. The van der Waals surface area contributed by atoms with Gasteiger partial charge >= 0.3 is 12.1 Å². The van der Waals surface area contributed by atoms with E-state index in [9.17, 15) is 18.0 Å². The summed E-state index contributed by atoms with van der Waals surface area (Å²) in [5.41, 5.74) is 7.11. The van der Waals surface area contributed by atoms with Gasteiger partial charge in [0, 0.05) is 38.3 Å². The third kappa shape index (κ3) is 13.7. The number of nitrogen functional groups attached to an aromatic ring is 1. The Morgan fingerprint density at radius 2 is 1.71 bits per heavy atom. The highest BCUT2D eigenvalue weighted by Crippen LogP contribution is 2.22. The van der Waals surface area contributed by atoms with Crippen LogP contribution in [0.1, 0.15) is 25.8 Å². The number of hydrogen-bond acceptors (Lipinski definition) is 11. The summed E-state index contributed by atoms with van der Waals surface area (Å²) in [6.45, 7) is 6.79. The minimum Gasteiger partial charge on any atom is -0.457 e. The van der Waals surface area contributed by atoms with Gasteiger partial charge in [0.1, 0.15) is 18.8 Å². The Labute approximate surface area is 285 Å². The number of likely N-dealkylation sites (N-methyl/N-ethyl adjacent to an activating group) is 2. The van der Waals surface area contributed by atoms with Gasteiger partial charge in [-0.15, -0.1) is 0 Å². The summed E-state index contributed by atoms with van der Waals surface area (Å²) in [5, 5.41) is 2.88. The van der Waals surface area contributed by atoms with Crippen LogP contribution in [0.4, 0.5) is 10.5 Å². The van der Waals surface area contributed by atoms with Gasteiger partial charge < -0.3 is 39.8 Å². The monoisotopic (exact) mass is 691 g/mol. The second-order valence-electron chi connectivity index (χ2n) is 12.8. The molecular weight excluding hydrogens is 638 g/mol. The minimum atomic E-state index is -4.05. The van der Waals surface area contributed by atoms with E-state index in [0.29, 0.717) is 38.5 Å². The number of hydrogen-bond donors (Lipinski definition) is 2. The molecule has 0 saturated carbocycles. The molecule has 3 N–H and O–H groups in total. The number of amides is 1. The number of ether oxygens (including phenoxy) is 4. The molecule has 2 aromatic carbocycles. The first kappa shape index (κ1) is 39.2. The second-order valence-corrected chi connectivity index (χ2v) is 14.7. The molecule has 1 aliphatic rings. The van der Waals surface area contributed by atoms with Crippen molar-refractivity contribution < 1.29 is 37.0 Å². The number of rotatable bonds is 20. The van der Waals surface area contributed by atoms with E-state index < -0.39 is 40.3 Å². The molecule has 0 unspecified atom stereocenters. The molecule has 14 heteroatoms. The lowest BCUT2D eigenvalue weighted by Crippen LogP contribution is -2.53. The molecule has 48 heavy (non-hydrogen) atoms. The van der Waals surface area contributed by atoms with E-state index in [4.69, 9.17) is 24.7 Å². The molecule has 2 aromatic rings. The van der Waals surface area contributed by atoms with Gasteiger partial charge in [-0.2, -0.15) is 4.31 Å². The minimum absolute atomic E-state index is 0.0531. The Balaban J connectivity index is 1.87. The van der Waals surface area contributed by atoms with E-state index in [1.807, 2.05) is 65.3 Å². The fraction of sp³-hybridized carbons (Fsp3) is 0.588. The average molecular weight is 692 g/mol. The Morgan fingerprint density at radius 3 is 2.33 bits per heavy atom. The maximum atomic E-state index is 14.0. The number of benzene rings is 2. The quantitative estimate of drug-likeness (QED) is 0.120. The molecule has 0 bridgehead atoms. The molecule has 1 fully saturated rings. The van der Waals surface area contributed by atoms with Crippen LogP contribution in [0.15, 0.2) is 59.5 Å². The molecule has 268 valence electrons. The summed E-state index contributed by atoms with van der Waals surface area (Å²) in [5.74, 6) is -0.742. The molecule has 0 spiro atoms. The van der Waals surface area contributed by atoms with Gasteiger partial charge in [-0.05, 0) is 63.3 Å². The van der Waals surface area contributed by atoms with Crippen molar-refractivity contribution in [2.75, 3.05) is 86.0 Å². The molecule has 3 atom stereocenters. The molecular formula is C34H53N5O8S. The largest absolute Gasteiger partial charge is 0.457 e. The van der Waals surface area contributed by atoms with Gasteiger partial charge in [-0.3, -0.25) is 0 Å². The van der Waals surface area contributed by atoms with Gasteiger partial charge in [0.25, 0.3) is 0 Å². The van der Waals surface area contributed by atoms with Crippen molar-refractivity contribution in [2.24, 2.45) is 5.92 Å². The van der Waals surface area contributed by atoms with Crippen LogP contribution in [0.2, 0.25) is 0 Å². The third-order valence-corrected chi connectivity index (χ3v) is 9.58. The average Bonchev–Trinajstić information content (AvgIpc) is 3.54. The highest BCUT2D eigenvalue weighted by Gasteiger charge is 2.35. The molecule has 1 aliphatic heterocycles. The number of nitrogens with zero attached hydrogens (tertiary/aromatic N) is 3. The summed E-state index contributed by atoms with van der Waals surface area (Å²) >= 11 is 0. The number of carbonyl (C=O) groups is 2. The zero-order valence-corrected chi connectivity index (χ0v) is 29.7. The maximum Gasteiger partial charge on any atom is 0.407 e. The third-order valence-electron chi connectivity index (χ3n) is 7.73. The van der Waals surface area contributed by atoms with E-state index in [1.54, 1.807) is 0 Å². The first-order valence-corrected chi connectivity index (χ1v) is 17.8. The lowest BCUT2D eigenvalue weighted by Gasteiger charge is -2.33. The summed E-state index contributed by atoms with van der Waals surface area (Å²) < 4.78 is 51.9. The van der Waals surface area contributed by atoms with E-state index in [0.717, 1.165) is 18.7 Å². The number of nitrogens with two attached hydrogens (primary N) is 1. The Bertz CT molecular complexity index is 1360. The van der Waals surface area contributed by atoms with Crippen molar-refractivity contribution >= 4 is 27.8 Å². The van der Waals surface area contributed by atoms with Crippen molar-refractivity contribution in [1.29, 1.82) is 0 Å². The van der Waals surface area contributed by atoms with Gasteiger partial charge in [0.2, 0.25) is 10.0 Å². The van der Waals surface area contributed by atoms with Gasteiger partial charge in [-0.1, -0.05) is 44.2 Å². The lowest BCUT2D eigenvalue weighted by atomic mass is 10.0. The maximum absolute atomic E-state index is 14.0. The number of carbonyl (C=O) groups excluding carboxylic acids is 2. The number of sulfonamides is 1. The molecule has 13 nitrogen and oxygen atoms in total. The smallest absolute Gasteiger partial charge is 0.407 e. The summed E-state index contributed by atoms with van der Waals surface area (Å²) in [7, 11) is 1.93. The number of nitrogens with one attached hydrogen (secondary N) is 1. The fourth-order valence-corrected chi connectivity index (χ4v) is 6.68. The highest BCUT2D eigenvalue weighted by atomic mass is 32.2. The van der Waals surface area contributed by atoms with Crippen LogP contribution in [-0.4, -0.2) is 133 Å². The molecule has 1 amide bonds. The summed E-state index contributed by atoms with van der Waals surface area (Å²) in [4.78, 5) is 30.7. The van der Waals surface area contributed by atoms with Gasteiger partial charge in [0.05, 0.1) is 37.3 Å². The zero-order valence-electron chi connectivity index (χ0n) is 28.9. The number of esters is 1. The predicted octanol–water partition coefficient (Wildman–Crippen LogP) is 2.46. The Morgan fingerprint density at radius 1 is 1.00 bits per heavy atom. The van der Waals surface area contributed by atoms with Crippen LogP contribution in [0.5, 0.6) is 0 Å². The van der Waals surface area contributed by atoms with Crippen LogP contribution < -0.4 is 11.1 Å². The molecule has 0 aromatic heterocycles. The Kier molecular flexibility index (Phi) is 16.0. The lowest BCUT2D eigenvalue weighted by molar-refractivity contribution is -0.156. The van der Waals surface area contributed by atoms with E-state index >= 15 is 0 Å². The van der Waals surface area contributed by atoms with Crippen molar-refractivity contribution in [1.82, 2.24) is 19.4 Å². The predicted molar refractivity (Wildman–Crippen MR) is 184 cm³/mol. The van der Waals surface area contributed by atoms with E-state index in [1.165, 1.54) is 28.6 Å². The van der Waals surface area contributed by atoms with Crippen molar-refractivity contribution in [3.05, 3.63) is 60.2 Å². The highest BCUT2D eigenvalue weighted by molar-refractivity contribution is 7.89. The van der Waals surface area contributed by atoms with Crippen LogP contribution in [-0.2, 0) is 40.2 Å². The molecule has 3 rings (SSSR count). The van der Waals surface area contributed by atoms with Gasteiger partial charge in [0.15, 0.2) is 0 Å². The molecule has 1 saturated heterocycles. The summed E-state index contributed by atoms with van der Waals surface area (Å²) in [6.07, 6.45) is -1.40. The van der Waals surface area contributed by atoms with E-state index in [2.05, 4.69) is 15.1 Å². The van der Waals surface area contributed by atoms with Crippen LogP contribution in [0, 0.1) is 5.92 Å².